The molecule has 1 aliphatic heterocycles. The highest BCUT2D eigenvalue weighted by molar-refractivity contribution is 14.0. The van der Waals surface area contributed by atoms with Crippen LogP contribution in [0.1, 0.15) is 19.1 Å². The molecule has 2 aromatic rings. The van der Waals surface area contributed by atoms with Crippen molar-refractivity contribution in [2.45, 2.75) is 19.8 Å². The van der Waals surface area contributed by atoms with Crippen LogP contribution in [0.5, 0.6) is 0 Å². The average Bonchev–Trinajstić information content (AvgIpc) is 3.32. The summed E-state index contributed by atoms with van der Waals surface area (Å²) < 4.78 is 5.36. The van der Waals surface area contributed by atoms with Crippen LogP contribution in [0.3, 0.4) is 0 Å². The minimum Gasteiger partial charge on any atom is -0.469 e. The first kappa shape index (κ1) is 20.6. The third-order valence-corrected chi connectivity index (χ3v) is 4.50. The first-order valence-corrected chi connectivity index (χ1v) is 9.19. The summed E-state index contributed by atoms with van der Waals surface area (Å²) in [4.78, 5) is 7.24. The van der Waals surface area contributed by atoms with Gasteiger partial charge in [0.2, 0.25) is 0 Å². The number of benzene rings is 1. The highest BCUT2D eigenvalue weighted by Gasteiger charge is 2.22. The summed E-state index contributed by atoms with van der Waals surface area (Å²) in [6.07, 6.45) is 3.78. The first-order chi connectivity index (χ1) is 12.3. The second-order valence-electron chi connectivity index (χ2n) is 6.41. The van der Waals surface area contributed by atoms with E-state index < -0.39 is 0 Å². The molecule has 2 heterocycles. The van der Waals surface area contributed by atoms with Gasteiger partial charge < -0.3 is 20.0 Å². The summed E-state index contributed by atoms with van der Waals surface area (Å²) in [5, 5.41) is 6.72. The summed E-state index contributed by atoms with van der Waals surface area (Å²) >= 11 is 0. The van der Waals surface area contributed by atoms with Gasteiger partial charge in [-0.3, -0.25) is 4.99 Å². The van der Waals surface area contributed by atoms with Crippen LogP contribution < -0.4 is 15.5 Å². The topological polar surface area (TPSA) is 52.8 Å². The van der Waals surface area contributed by atoms with Gasteiger partial charge in [0, 0.05) is 44.8 Å². The number of rotatable bonds is 7. The molecule has 5 nitrogen and oxygen atoms in total. The van der Waals surface area contributed by atoms with Crippen LogP contribution in [0, 0.1) is 5.92 Å². The lowest BCUT2D eigenvalue weighted by atomic mass is 10.1. The highest BCUT2D eigenvalue weighted by atomic mass is 127. The summed E-state index contributed by atoms with van der Waals surface area (Å²) in [5.41, 5.74) is 1.32. The van der Waals surface area contributed by atoms with E-state index in [1.54, 1.807) is 6.26 Å². The van der Waals surface area contributed by atoms with E-state index in [1.165, 1.54) is 12.1 Å². The van der Waals surface area contributed by atoms with Gasteiger partial charge in [0.1, 0.15) is 5.76 Å². The molecule has 0 spiro atoms. The maximum Gasteiger partial charge on any atom is 0.191 e. The number of aliphatic imine (C=N–C) groups is 1. The Morgan fingerprint density at radius 2 is 2.04 bits per heavy atom. The molecule has 0 amide bonds. The van der Waals surface area contributed by atoms with Crippen molar-refractivity contribution in [1.82, 2.24) is 10.6 Å². The minimum atomic E-state index is 0. The molecule has 0 aliphatic carbocycles. The van der Waals surface area contributed by atoms with Gasteiger partial charge in [-0.25, -0.2) is 0 Å². The third kappa shape index (κ3) is 6.23. The molecule has 0 bridgehead atoms. The Morgan fingerprint density at radius 3 is 2.77 bits per heavy atom. The minimum absolute atomic E-state index is 0. The van der Waals surface area contributed by atoms with Crippen molar-refractivity contribution in [3.63, 3.8) is 0 Å². The Labute approximate surface area is 173 Å². The van der Waals surface area contributed by atoms with Crippen LogP contribution in [0.4, 0.5) is 5.69 Å². The third-order valence-electron chi connectivity index (χ3n) is 4.50. The maximum atomic E-state index is 5.36. The van der Waals surface area contributed by atoms with Gasteiger partial charge in [0.15, 0.2) is 5.96 Å². The SMILES string of the molecule is CCNC(=NCC1CCN(c2ccccc2)C1)NCCc1ccco1.I. The number of halogens is 1. The molecular formula is C20H29IN4O. The van der Waals surface area contributed by atoms with Crippen molar-refractivity contribution in [2.24, 2.45) is 10.9 Å². The van der Waals surface area contributed by atoms with E-state index >= 15 is 0 Å². The van der Waals surface area contributed by atoms with Crippen LogP contribution in [-0.4, -0.2) is 38.7 Å². The second kappa shape index (κ2) is 11.1. The molecule has 1 aliphatic rings. The molecule has 26 heavy (non-hydrogen) atoms. The average molecular weight is 468 g/mol. The number of guanidine groups is 1. The Balaban J connectivity index is 0.00000243. The molecular weight excluding hydrogens is 439 g/mol. The number of furan rings is 1. The van der Waals surface area contributed by atoms with Crippen molar-refractivity contribution < 1.29 is 4.42 Å². The summed E-state index contributed by atoms with van der Waals surface area (Å²) in [5.74, 6) is 2.51. The van der Waals surface area contributed by atoms with Gasteiger partial charge in [0.05, 0.1) is 6.26 Å². The first-order valence-electron chi connectivity index (χ1n) is 9.19. The van der Waals surface area contributed by atoms with Gasteiger partial charge >= 0.3 is 0 Å². The molecule has 1 unspecified atom stereocenters. The number of para-hydroxylation sites is 1. The maximum absolute atomic E-state index is 5.36. The molecule has 1 aromatic carbocycles. The van der Waals surface area contributed by atoms with Crippen LogP contribution in [0.25, 0.3) is 0 Å². The second-order valence-corrected chi connectivity index (χ2v) is 6.41. The van der Waals surface area contributed by atoms with E-state index in [1.807, 2.05) is 12.1 Å². The molecule has 142 valence electrons. The monoisotopic (exact) mass is 468 g/mol. The molecule has 1 fully saturated rings. The van der Waals surface area contributed by atoms with Crippen molar-refractivity contribution in [2.75, 3.05) is 37.6 Å². The predicted molar refractivity (Wildman–Crippen MR) is 119 cm³/mol. The molecule has 0 radical (unpaired) electrons. The largest absolute Gasteiger partial charge is 0.469 e. The summed E-state index contributed by atoms with van der Waals surface area (Å²) in [6, 6.07) is 14.6. The zero-order valence-electron chi connectivity index (χ0n) is 15.4. The lowest BCUT2D eigenvalue weighted by molar-refractivity contribution is 0.506. The van der Waals surface area contributed by atoms with Crippen molar-refractivity contribution >= 4 is 35.6 Å². The Bertz CT molecular complexity index is 645. The molecule has 1 atom stereocenters. The van der Waals surface area contributed by atoms with E-state index in [-0.39, 0.29) is 24.0 Å². The van der Waals surface area contributed by atoms with Crippen LogP contribution in [0.2, 0.25) is 0 Å². The summed E-state index contributed by atoms with van der Waals surface area (Å²) in [6.45, 7) is 6.84. The van der Waals surface area contributed by atoms with Gasteiger partial charge in [-0.15, -0.1) is 24.0 Å². The van der Waals surface area contributed by atoms with Gasteiger partial charge in [-0.05, 0) is 43.5 Å². The molecule has 6 heteroatoms. The molecule has 0 saturated carbocycles. The summed E-state index contributed by atoms with van der Waals surface area (Å²) in [7, 11) is 0. The molecule has 3 rings (SSSR count). The fourth-order valence-electron chi connectivity index (χ4n) is 3.18. The van der Waals surface area contributed by atoms with E-state index in [4.69, 9.17) is 9.41 Å². The van der Waals surface area contributed by atoms with Gasteiger partial charge in [0.25, 0.3) is 0 Å². The molecule has 2 N–H and O–H groups in total. The quantitative estimate of drug-likeness (QED) is 0.371. The standard InChI is InChI=1S/C20H28N4O.HI/c1-2-21-20(22-12-10-19-9-6-14-25-19)23-15-17-11-13-24(16-17)18-7-4-3-5-8-18;/h3-9,14,17H,2,10-13,15-16H2,1H3,(H2,21,22,23);1H. The van der Waals surface area contributed by atoms with E-state index in [0.717, 1.165) is 50.9 Å². The fraction of sp³-hybridized carbons (Fsp3) is 0.450. The van der Waals surface area contributed by atoms with Crippen molar-refractivity contribution in [3.8, 4) is 0 Å². The lowest BCUT2D eigenvalue weighted by Crippen LogP contribution is -2.38. The predicted octanol–water partition coefficient (Wildman–Crippen LogP) is 3.52. The van der Waals surface area contributed by atoms with E-state index in [9.17, 15) is 0 Å². The number of nitrogens with one attached hydrogen (secondary N) is 2. The Hall–Kier alpha value is -1.70. The van der Waals surface area contributed by atoms with Gasteiger partial charge in [-0.2, -0.15) is 0 Å². The van der Waals surface area contributed by atoms with Crippen LogP contribution >= 0.6 is 24.0 Å². The van der Waals surface area contributed by atoms with E-state index in [2.05, 4.69) is 52.8 Å². The number of nitrogens with zero attached hydrogens (tertiary/aromatic N) is 2. The highest BCUT2D eigenvalue weighted by Crippen LogP contribution is 2.23. The number of anilines is 1. The molecule has 1 aromatic heterocycles. The van der Waals surface area contributed by atoms with E-state index in [0.29, 0.717) is 5.92 Å². The normalized spacial score (nSPS) is 17.0. The van der Waals surface area contributed by atoms with Crippen molar-refractivity contribution in [3.05, 3.63) is 54.5 Å². The zero-order chi connectivity index (χ0) is 17.3. The van der Waals surface area contributed by atoms with Crippen LogP contribution in [-0.2, 0) is 6.42 Å². The Kier molecular flexibility index (Phi) is 8.80. The zero-order valence-corrected chi connectivity index (χ0v) is 17.7. The lowest BCUT2D eigenvalue weighted by Gasteiger charge is -2.18. The number of hydrogen-bond acceptors (Lipinski definition) is 3. The van der Waals surface area contributed by atoms with Gasteiger partial charge in [-0.1, -0.05) is 18.2 Å². The smallest absolute Gasteiger partial charge is 0.191 e. The fourth-order valence-corrected chi connectivity index (χ4v) is 3.18. The van der Waals surface area contributed by atoms with Crippen LogP contribution in [0.15, 0.2) is 58.1 Å². The van der Waals surface area contributed by atoms with Crippen molar-refractivity contribution in [1.29, 1.82) is 0 Å². The number of hydrogen-bond donors (Lipinski definition) is 2. The Morgan fingerprint density at radius 1 is 1.19 bits per heavy atom. The molecule has 1 saturated heterocycles.